The maximum atomic E-state index is 13.5. The molecule has 46 heavy (non-hydrogen) atoms. The minimum Gasteiger partial charge on any atom is -0.489 e. The van der Waals surface area contributed by atoms with Crippen LogP contribution in [0.25, 0.3) is 27.8 Å². The Bertz CT molecular complexity index is 2150. The molecule has 7 rings (SSSR count). The number of aromatic nitrogens is 1. The summed E-state index contributed by atoms with van der Waals surface area (Å²) < 4.78 is 8.26. The molecule has 0 unspecified atom stereocenters. The van der Waals surface area contributed by atoms with Crippen molar-refractivity contribution in [2.24, 2.45) is 0 Å². The van der Waals surface area contributed by atoms with Crippen molar-refractivity contribution < 1.29 is 24.2 Å². The van der Waals surface area contributed by atoms with E-state index in [0.29, 0.717) is 23.6 Å². The lowest BCUT2D eigenvalue weighted by Gasteiger charge is -2.13. The Balaban J connectivity index is 1.21. The molecule has 5 aromatic carbocycles. The smallest absolute Gasteiger partial charge is 0.335 e. The number of hydrogen-bond donors (Lipinski definition) is 1. The number of benzene rings is 5. The molecule has 0 saturated carbocycles. The van der Waals surface area contributed by atoms with Crippen LogP contribution in [0.4, 0.5) is 4.79 Å². The van der Waals surface area contributed by atoms with Crippen molar-refractivity contribution in [2.75, 3.05) is 0 Å². The average molecular weight is 625 g/mol. The van der Waals surface area contributed by atoms with E-state index in [1.807, 2.05) is 66.7 Å². The van der Waals surface area contributed by atoms with E-state index in [4.69, 9.17) is 4.74 Å². The van der Waals surface area contributed by atoms with Crippen molar-refractivity contribution in [1.29, 1.82) is 0 Å². The number of ether oxygens (including phenoxy) is 1. The number of amides is 2. The van der Waals surface area contributed by atoms with E-state index in [0.717, 1.165) is 56.0 Å². The van der Waals surface area contributed by atoms with Crippen LogP contribution in [0, 0.1) is 0 Å². The maximum Gasteiger partial charge on any atom is 0.335 e. The SMILES string of the molecule is O=C(O)c1ccc(CN2C(=O)S/C(=C\c3cc4cc(OCc5ccccc5)ccc4n3Cc3ccc4ccccc4c3)C2=O)cc1. The van der Waals surface area contributed by atoms with Crippen LogP contribution < -0.4 is 4.74 Å². The second kappa shape index (κ2) is 12.4. The number of carboxylic acids is 1. The number of aromatic carboxylic acids is 1. The highest BCUT2D eigenvalue weighted by atomic mass is 32.2. The Morgan fingerprint density at radius 1 is 0.717 bits per heavy atom. The van der Waals surface area contributed by atoms with Gasteiger partial charge in [0.25, 0.3) is 11.1 Å². The first kappa shape index (κ1) is 29.1. The molecule has 1 aliphatic rings. The third-order valence-corrected chi connectivity index (χ3v) is 8.91. The van der Waals surface area contributed by atoms with Gasteiger partial charge in [0.2, 0.25) is 0 Å². The fourth-order valence-corrected chi connectivity index (χ4v) is 6.45. The number of rotatable bonds is 9. The molecule has 1 aromatic heterocycles. The number of hydrogen-bond acceptors (Lipinski definition) is 5. The number of fused-ring (bicyclic) bond motifs is 2. The molecule has 0 bridgehead atoms. The van der Waals surface area contributed by atoms with Crippen LogP contribution in [-0.2, 0) is 24.5 Å². The van der Waals surface area contributed by atoms with Gasteiger partial charge in [-0.15, -0.1) is 0 Å². The van der Waals surface area contributed by atoms with Gasteiger partial charge < -0.3 is 14.4 Å². The van der Waals surface area contributed by atoms with Gasteiger partial charge in [-0.1, -0.05) is 78.9 Å². The van der Waals surface area contributed by atoms with Crippen LogP contribution in [0.5, 0.6) is 5.75 Å². The molecule has 226 valence electrons. The van der Waals surface area contributed by atoms with Gasteiger partial charge in [-0.25, -0.2) is 4.79 Å². The van der Waals surface area contributed by atoms with E-state index in [2.05, 4.69) is 34.9 Å². The van der Waals surface area contributed by atoms with E-state index in [1.54, 1.807) is 18.2 Å². The molecule has 1 N–H and O–H groups in total. The normalized spacial score (nSPS) is 14.1. The van der Waals surface area contributed by atoms with Crippen LogP contribution in [0.15, 0.2) is 126 Å². The second-order valence-corrected chi connectivity index (χ2v) is 12.1. The number of carbonyl (C=O) groups is 3. The van der Waals surface area contributed by atoms with Crippen molar-refractivity contribution in [3.8, 4) is 5.75 Å². The first-order chi connectivity index (χ1) is 22.4. The molecule has 0 atom stereocenters. The summed E-state index contributed by atoms with van der Waals surface area (Å²) in [4.78, 5) is 39.2. The molecule has 0 aliphatic carbocycles. The highest BCUT2D eigenvalue weighted by Gasteiger charge is 2.35. The summed E-state index contributed by atoms with van der Waals surface area (Å²) >= 11 is 0.906. The molecule has 0 spiro atoms. The summed E-state index contributed by atoms with van der Waals surface area (Å²) in [6.45, 7) is 1.07. The van der Waals surface area contributed by atoms with Gasteiger partial charge in [0, 0.05) is 23.1 Å². The second-order valence-electron chi connectivity index (χ2n) is 11.1. The predicted molar refractivity (Wildman–Crippen MR) is 181 cm³/mol. The van der Waals surface area contributed by atoms with Crippen LogP contribution in [-0.4, -0.2) is 31.7 Å². The Morgan fingerprint density at radius 2 is 1.46 bits per heavy atom. The fourth-order valence-electron chi connectivity index (χ4n) is 5.62. The van der Waals surface area contributed by atoms with Crippen molar-refractivity contribution in [3.63, 3.8) is 0 Å². The number of imide groups is 1. The van der Waals surface area contributed by atoms with Crippen LogP contribution in [0.3, 0.4) is 0 Å². The summed E-state index contributed by atoms with van der Waals surface area (Å²) in [6, 6.07) is 38.8. The minimum atomic E-state index is -1.03. The molecule has 1 aliphatic heterocycles. The molecule has 2 heterocycles. The topological polar surface area (TPSA) is 88.8 Å². The van der Waals surface area contributed by atoms with Crippen molar-refractivity contribution in [2.45, 2.75) is 19.7 Å². The first-order valence-corrected chi connectivity index (χ1v) is 15.6. The molecule has 0 radical (unpaired) electrons. The predicted octanol–water partition coefficient (Wildman–Crippen LogP) is 8.36. The van der Waals surface area contributed by atoms with E-state index in [9.17, 15) is 19.5 Å². The number of thioether (sulfide) groups is 1. The van der Waals surface area contributed by atoms with E-state index >= 15 is 0 Å². The molecule has 7 nitrogen and oxygen atoms in total. The highest BCUT2D eigenvalue weighted by Crippen LogP contribution is 2.35. The summed E-state index contributed by atoms with van der Waals surface area (Å²) in [5, 5.41) is 12.1. The third-order valence-electron chi connectivity index (χ3n) is 8.00. The summed E-state index contributed by atoms with van der Waals surface area (Å²) in [5.74, 6) is -0.679. The minimum absolute atomic E-state index is 0.0596. The Labute approximate surface area is 269 Å². The van der Waals surface area contributed by atoms with Crippen molar-refractivity contribution in [3.05, 3.63) is 154 Å². The van der Waals surface area contributed by atoms with Gasteiger partial charge in [-0.2, -0.15) is 0 Å². The third kappa shape index (κ3) is 6.03. The Morgan fingerprint density at radius 3 is 2.24 bits per heavy atom. The van der Waals surface area contributed by atoms with Gasteiger partial charge in [0.05, 0.1) is 17.0 Å². The van der Waals surface area contributed by atoms with E-state index < -0.39 is 5.97 Å². The molecule has 2 amide bonds. The maximum absolute atomic E-state index is 13.5. The van der Waals surface area contributed by atoms with Gasteiger partial charge in [-0.3, -0.25) is 14.5 Å². The zero-order valence-corrected chi connectivity index (χ0v) is 25.4. The Kier molecular flexibility index (Phi) is 7.86. The van der Waals surface area contributed by atoms with E-state index in [-0.39, 0.29) is 23.3 Å². The lowest BCUT2D eigenvalue weighted by Crippen LogP contribution is -2.27. The van der Waals surface area contributed by atoms with Crippen molar-refractivity contribution in [1.82, 2.24) is 9.47 Å². The summed E-state index contributed by atoms with van der Waals surface area (Å²) in [7, 11) is 0. The highest BCUT2D eigenvalue weighted by molar-refractivity contribution is 8.18. The zero-order chi connectivity index (χ0) is 31.6. The molecule has 1 fully saturated rings. The molecule has 1 saturated heterocycles. The van der Waals surface area contributed by atoms with Crippen molar-refractivity contribution >= 4 is 56.6 Å². The molecule has 6 aromatic rings. The number of carbonyl (C=O) groups excluding carboxylic acids is 2. The van der Waals surface area contributed by atoms with Crippen LogP contribution in [0.1, 0.15) is 32.7 Å². The van der Waals surface area contributed by atoms with E-state index in [1.165, 1.54) is 17.0 Å². The zero-order valence-electron chi connectivity index (χ0n) is 24.6. The molecular formula is C38H28N2O5S. The van der Waals surface area contributed by atoms with Gasteiger partial charge in [0.15, 0.2) is 0 Å². The first-order valence-electron chi connectivity index (χ1n) is 14.8. The summed E-state index contributed by atoms with van der Waals surface area (Å²) in [5.41, 5.74) is 4.76. The monoisotopic (exact) mass is 624 g/mol. The lowest BCUT2D eigenvalue weighted by molar-refractivity contribution is -0.123. The van der Waals surface area contributed by atoms with Crippen LogP contribution in [0.2, 0.25) is 0 Å². The fraction of sp³-hybridized carbons (Fsp3) is 0.0789. The molecular weight excluding hydrogens is 596 g/mol. The van der Waals surface area contributed by atoms with Gasteiger partial charge in [-0.05, 0) is 87.8 Å². The standard InChI is InChI=1S/C38H28N2O5S/c41-36-35(46-38(44)40(36)22-25-10-14-29(15-11-25)37(42)43)21-32-19-31-20-33(45-24-26-6-2-1-3-7-26)16-17-34(31)39(32)23-27-12-13-28-8-4-5-9-30(28)18-27/h1-21H,22-24H2,(H,42,43)/b35-21-. The average Bonchev–Trinajstić information content (AvgIpc) is 3.54. The van der Waals surface area contributed by atoms with Gasteiger partial charge >= 0.3 is 5.97 Å². The quantitative estimate of drug-likeness (QED) is 0.163. The lowest BCUT2D eigenvalue weighted by atomic mass is 10.1. The molecule has 8 heteroatoms. The van der Waals surface area contributed by atoms with Crippen LogP contribution >= 0.6 is 11.8 Å². The number of nitrogens with zero attached hydrogens (tertiary/aromatic N) is 2. The number of carboxylic acid groups (broad SMARTS) is 1. The van der Waals surface area contributed by atoms with Gasteiger partial charge in [0.1, 0.15) is 12.4 Å². The largest absolute Gasteiger partial charge is 0.489 e. The summed E-state index contributed by atoms with van der Waals surface area (Å²) in [6.07, 6.45) is 1.78. The Hall–Kier alpha value is -5.60.